The average Bonchev–Trinajstić information content (AvgIpc) is 2.73. The van der Waals surface area contributed by atoms with Crippen LogP contribution in [0, 0.1) is 17.1 Å². The van der Waals surface area contributed by atoms with Crippen LogP contribution in [0.1, 0.15) is 11.1 Å². The molecule has 5 heteroatoms. The lowest BCUT2D eigenvalue weighted by Gasteiger charge is -2.08. The van der Waals surface area contributed by atoms with Crippen LogP contribution in [0.2, 0.25) is 0 Å². The van der Waals surface area contributed by atoms with Gasteiger partial charge in [0, 0.05) is 11.3 Å². The molecule has 0 atom stereocenters. The summed E-state index contributed by atoms with van der Waals surface area (Å²) in [4.78, 5) is 11.9. The fourth-order valence-electron chi connectivity index (χ4n) is 2.54. The number of allylic oxidation sites excluding steroid dienone is 1. The largest absolute Gasteiger partial charge is 0.484 e. The number of carbonyl (C=O) groups is 1. The number of nitrogens with one attached hydrogen (secondary N) is 1. The molecule has 0 unspecified atom stereocenters. The van der Waals surface area contributed by atoms with E-state index in [2.05, 4.69) is 5.32 Å². The Morgan fingerprint density at radius 1 is 1.00 bits per heavy atom. The van der Waals surface area contributed by atoms with Crippen LogP contribution in [0.3, 0.4) is 0 Å². The van der Waals surface area contributed by atoms with E-state index < -0.39 is 5.82 Å². The molecule has 3 aromatic rings. The molecule has 0 fully saturated rings. The molecule has 0 aliphatic carbocycles. The molecular formula is C23H17FN2O2. The van der Waals surface area contributed by atoms with Crippen LogP contribution in [0.15, 0.2) is 78.9 Å². The first kappa shape index (κ1) is 18.9. The van der Waals surface area contributed by atoms with Gasteiger partial charge in [-0.3, -0.25) is 4.79 Å². The van der Waals surface area contributed by atoms with Crippen LogP contribution in [0.4, 0.5) is 10.1 Å². The van der Waals surface area contributed by atoms with Crippen LogP contribution in [-0.4, -0.2) is 12.5 Å². The minimum absolute atomic E-state index is 0.122. The number of hydrogen-bond donors (Lipinski definition) is 1. The Morgan fingerprint density at radius 3 is 2.36 bits per heavy atom. The van der Waals surface area contributed by atoms with Crippen molar-refractivity contribution < 1.29 is 13.9 Å². The highest BCUT2D eigenvalue weighted by molar-refractivity contribution is 5.92. The van der Waals surface area contributed by atoms with Crippen molar-refractivity contribution in [2.24, 2.45) is 0 Å². The molecule has 28 heavy (non-hydrogen) atoms. The quantitative estimate of drug-likeness (QED) is 0.494. The van der Waals surface area contributed by atoms with E-state index in [0.717, 1.165) is 5.56 Å². The van der Waals surface area contributed by atoms with Crippen molar-refractivity contribution in [3.8, 4) is 11.8 Å². The van der Waals surface area contributed by atoms with Gasteiger partial charge < -0.3 is 10.1 Å². The average molecular weight is 372 g/mol. The Morgan fingerprint density at radius 2 is 1.68 bits per heavy atom. The summed E-state index contributed by atoms with van der Waals surface area (Å²) in [6.07, 6.45) is 1.60. The maximum atomic E-state index is 13.9. The van der Waals surface area contributed by atoms with Gasteiger partial charge in [0.1, 0.15) is 11.6 Å². The van der Waals surface area contributed by atoms with Crippen LogP contribution in [0.5, 0.6) is 5.75 Å². The predicted octanol–water partition coefficient (Wildman–Crippen LogP) is 4.91. The number of benzene rings is 3. The second-order valence-corrected chi connectivity index (χ2v) is 5.92. The first-order valence-electron chi connectivity index (χ1n) is 8.60. The number of anilines is 1. The van der Waals surface area contributed by atoms with E-state index >= 15 is 0 Å². The van der Waals surface area contributed by atoms with Crippen molar-refractivity contribution in [1.82, 2.24) is 0 Å². The predicted molar refractivity (Wildman–Crippen MR) is 107 cm³/mol. The highest BCUT2D eigenvalue weighted by Crippen LogP contribution is 2.21. The summed E-state index contributed by atoms with van der Waals surface area (Å²) in [5, 5.41) is 12.1. The van der Waals surface area contributed by atoms with Crippen LogP contribution in [-0.2, 0) is 4.79 Å². The molecule has 0 aromatic heterocycles. The summed E-state index contributed by atoms with van der Waals surface area (Å²) in [7, 11) is 0. The van der Waals surface area contributed by atoms with Crippen LogP contribution < -0.4 is 10.1 Å². The molecule has 1 amide bonds. The number of hydrogen-bond acceptors (Lipinski definition) is 3. The highest BCUT2D eigenvalue weighted by Gasteiger charge is 2.07. The third-order valence-electron chi connectivity index (χ3n) is 3.90. The normalized spacial score (nSPS) is 10.8. The summed E-state index contributed by atoms with van der Waals surface area (Å²) in [5.74, 6) is -0.189. The van der Waals surface area contributed by atoms with Crippen molar-refractivity contribution in [3.05, 3.63) is 95.8 Å². The van der Waals surface area contributed by atoms with Gasteiger partial charge in [-0.25, -0.2) is 4.39 Å². The maximum absolute atomic E-state index is 13.9. The second kappa shape index (κ2) is 9.15. The van der Waals surface area contributed by atoms with E-state index in [9.17, 15) is 14.4 Å². The smallest absolute Gasteiger partial charge is 0.262 e. The minimum Gasteiger partial charge on any atom is -0.484 e. The zero-order chi connectivity index (χ0) is 19.8. The first-order valence-corrected chi connectivity index (χ1v) is 8.60. The highest BCUT2D eigenvalue weighted by atomic mass is 19.1. The number of carbonyl (C=O) groups excluding carboxylic acids is 1. The maximum Gasteiger partial charge on any atom is 0.262 e. The third-order valence-corrected chi connectivity index (χ3v) is 3.90. The van der Waals surface area contributed by atoms with Gasteiger partial charge in [-0.2, -0.15) is 5.26 Å². The summed E-state index contributed by atoms with van der Waals surface area (Å²) in [6, 6.07) is 24.1. The van der Waals surface area contributed by atoms with Gasteiger partial charge in [-0.1, -0.05) is 48.5 Å². The molecule has 0 bridgehead atoms. The van der Waals surface area contributed by atoms with Crippen molar-refractivity contribution in [2.75, 3.05) is 11.9 Å². The number of amides is 1. The van der Waals surface area contributed by atoms with E-state index in [1.54, 1.807) is 60.7 Å². The van der Waals surface area contributed by atoms with E-state index in [4.69, 9.17) is 4.74 Å². The number of ether oxygens (including phenoxy) is 1. The monoisotopic (exact) mass is 372 g/mol. The lowest BCUT2D eigenvalue weighted by atomic mass is 10.0. The van der Waals surface area contributed by atoms with E-state index in [1.807, 2.05) is 24.3 Å². The SMILES string of the molecule is N#CC(=Cc1ccc(OCC(=O)Nc2ccccc2)cc1)c1ccccc1F. The number of nitriles is 1. The molecule has 4 nitrogen and oxygen atoms in total. The van der Waals surface area contributed by atoms with E-state index in [0.29, 0.717) is 11.4 Å². The minimum atomic E-state index is -0.445. The molecule has 3 rings (SSSR count). The molecule has 0 aliphatic heterocycles. The molecular weight excluding hydrogens is 355 g/mol. The van der Waals surface area contributed by atoms with Crippen LogP contribution in [0.25, 0.3) is 11.6 Å². The van der Waals surface area contributed by atoms with Crippen molar-refractivity contribution in [1.29, 1.82) is 5.26 Å². The molecule has 0 heterocycles. The standard InChI is InChI=1S/C23H17FN2O2/c24-22-9-5-4-8-21(22)18(15-25)14-17-10-12-20(13-11-17)28-16-23(27)26-19-6-2-1-3-7-19/h1-14H,16H2,(H,26,27). The molecule has 0 radical (unpaired) electrons. The molecule has 0 saturated heterocycles. The third kappa shape index (κ3) is 5.05. The Balaban J connectivity index is 1.62. The van der Waals surface area contributed by atoms with Gasteiger partial charge in [0.25, 0.3) is 5.91 Å². The van der Waals surface area contributed by atoms with Gasteiger partial charge in [0.2, 0.25) is 0 Å². The Kier molecular flexibility index (Phi) is 6.17. The fraction of sp³-hybridized carbons (Fsp3) is 0.0435. The number of halogens is 1. The summed E-state index contributed by atoms with van der Waals surface area (Å²) in [5.41, 5.74) is 1.91. The second-order valence-electron chi connectivity index (χ2n) is 5.92. The number of para-hydroxylation sites is 1. The van der Waals surface area contributed by atoms with Gasteiger partial charge >= 0.3 is 0 Å². The molecule has 3 aromatic carbocycles. The molecule has 0 spiro atoms. The van der Waals surface area contributed by atoms with Gasteiger partial charge in [-0.05, 0) is 42.0 Å². The Hall–Kier alpha value is -3.91. The van der Waals surface area contributed by atoms with Crippen molar-refractivity contribution >= 4 is 23.2 Å². The van der Waals surface area contributed by atoms with Crippen molar-refractivity contribution in [3.63, 3.8) is 0 Å². The van der Waals surface area contributed by atoms with E-state index in [-0.39, 0.29) is 23.7 Å². The molecule has 138 valence electrons. The lowest BCUT2D eigenvalue weighted by Crippen LogP contribution is -2.20. The fourth-order valence-corrected chi connectivity index (χ4v) is 2.54. The number of nitrogens with zero attached hydrogens (tertiary/aromatic N) is 1. The Labute approximate surface area is 162 Å². The molecule has 1 N–H and O–H groups in total. The topological polar surface area (TPSA) is 62.1 Å². The van der Waals surface area contributed by atoms with E-state index in [1.165, 1.54) is 6.07 Å². The molecule has 0 aliphatic rings. The molecule has 0 saturated carbocycles. The summed E-state index contributed by atoms with van der Waals surface area (Å²) < 4.78 is 19.3. The van der Waals surface area contributed by atoms with Gasteiger partial charge in [0.15, 0.2) is 6.61 Å². The Bertz CT molecular complexity index is 1020. The van der Waals surface area contributed by atoms with Gasteiger partial charge in [-0.15, -0.1) is 0 Å². The summed E-state index contributed by atoms with van der Waals surface area (Å²) >= 11 is 0. The number of rotatable bonds is 6. The zero-order valence-corrected chi connectivity index (χ0v) is 14.9. The zero-order valence-electron chi connectivity index (χ0n) is 14.9. The van der Waals surface area contributed by atoms with Gasteiger partial charge in [0.05, 0.1) is 11.6 Å². The van der Waals surface area contributed by atoms with Crippen LogP contribution >= 0.6 is 0 Å². The first-order chi connectivity index (χ1) is 13.7. The van der Waals surface area contributed by atoms with Crippen molar-refractivity contribution in [2.45, 2.75) is 0 Å². The summed E-state index contributed by atoms with van der Waals surface area (Å²) in [6.45, 7) is -0.122. The lowest BCUT2D eigenvalue weighted by molar-refractivity contribution is -0.118.